The fraction of sp³-hybridized carbons (Fsp3) is 0.167. The topological polar surface area (TPSA) is 25.8 Å². The molecule has 1 aromatic heterocycles. The smallest absolute Gasteiger partial charge is 0.183 e. The van der Waals surface area contributed by atoms with Crippen LogP contribution in [0.1, 0.15) is 12.6 Å². The lowest BCUT2D eigenvalue weighted by atomic mass is 10.3. The highest BCUT2D eigenvalue weighted by Gasteiger charge is 1.91. The normalized spacial score (nSPS) is 9.56. The fourth-order valence-electron chi connectivity index (χ4n) is 0.480. The van der Waals surface area contributed by atoms with Crippen molar-refractivity contribution < 1.29 is 4.39 Å². The predicted octanol–water partition coefficient (Wildman–Crippen LogP) is 1.19. The van der Waals surface area contributed by atoms with Gasteiger partial charge >= 0.3 is 0 Å². The van der Waals surface area contributed by atoms with E-state index in [1.165, 1.54) is 6.07 Å². The number of nitrogens with zero attached hydrogens (tertiary/aromatic N) is 2. The van der Waals surface area contributed by atoms with Crippen LogP contribution in [0, 0.1) is 12.4 Å². The molecule has 0 aromatic carbocycles. The van der Waals surface area contributed by atoms with E-state index in [2.05, 4.69) is 10.2 Å². The highest BCUT2D eigenvalue weighted by molar-refractivity contribution is 5.08. The van der Waals surface area contributed by atoms with Crippen LogP contribution in [0.4, 0.5) is 4.39 Å². The Bertz CT molecular complexity index is 183. The number of hydrogen-bond donors (Lipinski definition) is 0. The van der Waals surface area contributed by atoms with Crippen LogP contribution in [0.3, 0.4) is 0 Å². The number of hydrogen-bond acceptors (Lipinski definition) is 2. The average Bonchev–Trinajstić information content (AvgIpc) is 1.90. The van der Waals surface area contributed by atoms with Gasteiger partial charge in [0.05, 0.1) is 5.69 Å². The van der Waals surface area contributed by atoms with Crippen LogP contribution in [0.5, 0.6) is 0 Å². The Balaban J connectivity index is 2.88. The van der Waals surface area contributed by atoms with Gasteiger partial charge in [0, 0.05) is 6.42 Å². The molecule has 1 heterocycles. The molecule has 0 bridgehead atoms. The molecule has 0 amide bonds. The molecular weight excluding hydrogens is 119 g/mol. The first kappa shape index (κ1) is 6.13. The Morgan fingerprint density at radius 2 is 2.22 bits per heavy atom. The summed E-state index contributed by atoms with van der Waals surface area (Å²) in [5.74, 6) is -0.541. The fourth-order valence-corrected chi connectivity index (χ4v) is 0.480. The molecule has 0 spiro atoms. The number of halogens is 1. The van der Waals surface area contributed by atoms with Gasteiger partial charge in [-0.2, -0.15) is 9.49 Å². The molecular formula is C6H6FN2. The average molecular weight is 125 g/mol. The van der Waals surface area contributed by atoms with Gasteiger partial charge in [-0.15, -0.1) is 5.10 Å². The van der Waals surface area contributed by atoms with Crippen molar-refractivity contribution in [2.24, 2.45) is 0 Å². The zero-order chi connectivity index (χ0) is 6.69. The van der Waals surface area contributed by atoms with E-state index >= 15 is 0 Å². The quantitative estimate of drug-likeness (QED) is 0.563. The summed E-state index contributed by atoms with van der Waals surface area (Å²) >= 11 is 0. The second kappa shape index (κ2) is 2.53. The van der Waals surface area contributed by atoms with Gasteiger partial charge in [0.15, 0.2) is 0 Å². The van der Waals surface area contributed by atoms with Gasteiger partial charge < -0.3 is 0 Å². The second-order valence-corrected chi connectivity index (χ2v) is 1.57. The molecule has 47 valence electrons. The summed E-state index contributed by atoms with van der Waals surface area (Å²) < 4.78 is 12.0. The Morgan fingerprint density at radius 3 is 2.67 bits per heavy atom. The van der Waals surface area contributed by atoms with E-state index in [0.29, 0.717) is 5.69 Å². The van der Waals surface area contributed by atoms with Gasteiger partial charge in [0.25, 0.3) is 0 Å². The summed E-state index contributed by atoms with van der Waals surface area (Å²) in [6.07, 6.45) is 1.76. The van der Waals surface area contributed by atoms with Crippen molar-refractivity contribution in [3.8, 4) is 0 Å². The van der Waals surface area contributed by atoms with E-state index in [9.17, 15) is 4.39 Å². The molecule has 1 radical (unpaired) electrons. The minimum Gasteiger partial charge on any atom is -0.183 e. The zero-order valence-corrected chi connectivity index (χ0v) is 5.00. The molecule has 0 atom stereocenters. The highest BCUT2D eigenvalue weighted by Crippen LogP contribution is 1.95. The molecule has 0 aliphatic heterocycles. The molecule has 0 aliphatic rings. The molecule has 0 aliphatic carbocycles. The van der Waals surface area contributed by atoms with Crippen molar-refractivity contribution in [2.75, 3.05) is 0 Å². The maximum absolute atomic E-state index is 12.0. The molecule has 0 N–H and O–H groups in total. The maximum Gasteiger partial charge on any atom is 0.233 e. The van der Waals surface area contributed by atoms with E-state index in [1.54, 1.807) is 12.5 Å². The minimum absolute atomic E-state index is 0.541. The van der Waals surface area contributed by atoms with Crippen LogP contribution in [-0.4, -0.2) is 10.2 Å². The van der Waals surface area contributed by atoms with E-state index in [-0.39, 0.29) is 0 Å². The van der Waals surface area contributed by atoms with Crippen LogP contribution in [-0.2, 0) is 0 Å². The van der Waals surface area contributed by atoms with E-state index in [0.717, 1.165) is 0 Å². The van der Waals surface area contributed by atoms with Gasteiger partial charge in [-0.3, -0.25) is 0 Å². The largest absolute Gasteiger partial charge is 0.233 e. The van der Waals surface area contributed by atoms with Crippen molar-refractivity contribution in [1.29, 1.82) is 0 Å². The van der Waals surface area contributed by atoms with E-state index in [4.69, 9.17) is 0 Å². The van der Waals surface area contributed by atoms with Gasteiger partial charge in [-0.05, 0) is 12.1 Å². The first-order chi connectivity index (χ1) is 4.33. The zero-order valence-electron chi connectivity index (χ0n) is 5.00. The Hall–Kier alpha value is -0.990. The lowest BCUT2D eigenvalue weighted by Crippen LogP contribution is -1.90. The van der Waals surface area contributed by atoms with E-state index in [1.807, 2.05) is 6.92 Å². The molecule has 9 heavy (non-hydrogen) atoms. The van der Waals surface area contributed by atoms with Crippen LogP contribution in [0.2, 0.25) is 0 Å². The van der Waals surface area contributed by atoms with Crippen LogP contribution >= 0.6 is 0 Å². The Labute approximate surface area is 52.7 Å². The number of aromatic nitrogens is 2. The van der Waals surface area contributed by atoms with Gasteiger partial charge in [-0.1, -0.05) is 6.92 Å². The SMILES string of the molecule is C[CH]c1ccc(F)nn1. The minimum atomic E-state index is -0.541. The van der Waals surface area contributed by atoms with Crippen molar-refractivity contribution in [3.05, 3.63) is 30.2 Å². The summed E-state index contributed by atoms with van der Waals surface area (Å²) in [5.41, 5.74) is 0.691. The van der Waals surface area contributed by atoms with Crippen molar-refractivity contribution in [2.45, 2.75) is 6.92 Å². The molecule has 1 aromatic rings. The lowest BCUT2D eigenvalue weighted by molar-refractivity contribution is 0.561. The van der Waals surface area contributed by atoms with Gasteiger partial charge in [0.1, 0.15) is 0 Å². The third-order valence-corrected chi connectivity index (χ3v) is 0.948. The lowest BCUT2D eigenvalue weighted by Gasteiger charge is -1.89. The van der Waals surface area contributed by atoms with Crippen molar-refractivity contribution in [1.82, 2.24) is 10.2 Å². The highest BCUT2D eigenvalue weighted by atomic mass is 19.1. The van der Waals surface area contributed by atoms with Crippen molar-refractivity contribution >= 4 is 0 Å². The second-order valence-electron chi connectivity index (χ2n) is 1.57. The van der Waals surface area contributed by atoms with Crippen LogP contribution in [0.15, 0.2) is 12.1 Å². The standard InChI is InChI=1S/C6H6FN2/c1-2-5-3-4-6(7)9-8-5/h2-4H,1H3. The maximum atomic E-state index is 12.0. The molecule has 0 fully saturated rings. The summed E-state index contributed by atoms with van der Waals surface area (Å²) in [7, 11) is 0. The third-order valence-electron chi connectivity index (χ3n) is 0.948. The Kier molecular flexibility index (Phi) is 1.72. The first-order valence-corrected chi connectivity index (χ1v) is 2.61. The summed E-state index contributed by atoms with van der Waals surface area (Å²) in [4.78, 5) is 0. The molecule has 0 unspecified atom stereocenters. The molecule has 1 rings (SSSR count). The third kappa shape index (κ3) is 1.45. The monoisotopic (exact) mass is 125 g/mol. The molecule has 0 saturated heterocycles. The van der Waals surface area contributed by atoms with Crippen LogP contribution in [0.25, 0.3) is 0 Å². The molecule has 0 saturated carbocycles. The van der Waals surface area contributed by atoms with Gasteiger partial charge in [-0.25, -0.2) is 0 Å². The van der Waals surface area contributed by atoms with E-state index < -0.39 is 5.95 Å². The summed E-state index contributed by atoms with van der Waals surface area (Å²) in [6, 6.07) is 2.85. The first-order valence-electron chi connectivity index (χ1n) is 2.61. The van der Waals surface area contributed by atoms with Crippen molar-refractivity contribution in [3.63, 3.8) is 0 Å². The number of rotatable bonds is 1. The van der Waals surface area contributed by atoms with Crippen LogP contribution < -0.4 is 0 Å². The Morgan fingerprint density at radius 1 is 1.44 bits per heavy atom. The van der Waals surface area contributed by atoms with Gasteiger partial charge in [0.2, 0.25) is 5.95 Å². The molecule has 3 heteroatoms. The summed E-state index contributed by atoms with van der Waals surface area (Å²) in [6.45, 7) is 1.82. The predicted molar refractivity (Wildman–Crippen MR) is 31.1 cm³/mol. The summed E-state index contributed by atoms with van der Waals surface area (Å²) in [5, 5.41) is 6.72. The molecule has 2 nitrogen and oxygen atoms in total.